The van der Waals surface area contributed by atoms with Crippen molar-refractivity contribution in [2.75, 3.05) is 47.3 Å². The van der Waals surface area contributed by atoms with E-state index in [-0.39, 0.29) is 11.9 Å². The summed E-state index contributed by atoms with van der Waals surface area (Å²) in [6, 6.07) is 3.89. The van der Waals surface area contributed by atoms with Gasteiger partial charge in [-0.05, 0) is 37.9 Å². The Hall–Kier alpha value is -1.99. The van der Waals surface area contributed by atoms with Gasteiger partial charge >= 0.3 is 0 Å². The number of carbonyl (C=O) groups excluding carboxylic acids is 1. The summed E-state index contributed by atoms with van der Waals surface area (Å²) in [5.74, 6) is 1.81. The summed E-state index contributed by atoms with van der Waals surface area (Å²) >= 11 is 0. The first-order valence-corrected chi connectivity index (χ1v) is 9.02. The fraction of sp³-hybridized carbons (Fsp3) is 0.611. The Morgan fingerprint density at radius 1 is 1.24 bits per heavy atom. The third-order valence-corrected chi connectivity index (χ3v) is 5.33. The monoisotopic (exact) mass is 342 g/mol. The molecule has 7 heteroatoms. The second-order valence-electron chi connectivity index (χ2n) is 7.60. The third-order valence-electron chi connectivity index (χ3n) is 5.33. The number of carbonyl (C=O) groups is 1. The van der Waals surface area contributed by atoms with Crippen molar-refractivity contribution in [3.8, 4) is 0 Å². The van der Waals surface area contributed by atoms with Crippen LogP contribution in [0, 0.1) is 5.92 Å². The molecule has 2 fully saturated rings. The lowest BCUT2D eigenvalue weighted by Crippen LogP contribution is -2.47. The fourth-order valence-corrected chi connectivity index (χ4v) is 3.56. The number of likely N-dealkylation sites (N-methyl/N-ethyl adjacent to an activating group) is 1. The molecule has 1 atom stereocenters. The van der Waals surface area contributed by atoms with Gasteiger partial charge in [0, 0.05) is 46.5 Å². The minimum atomic E-state index is -0.00564. The average molecular weight is 342 g/mol. The molecular weight excluding hydrogens is 316 g/mol. The normalized spacial score (nSPS) is 22.4. The second-order valence-corrected chi connectivity index (χ2v) is 7.60. The molecule has 1 saturated carbocycles. The van der Waals surface area contributed by atoms with E-state index in [1.165, 1.54) is 19.4 Å². The SMILES string of the molecule is CN(C)C(=O)c1ccc2nnc(C3CN(CC4CC4)CCN3C)n2c1. The van der Waals surface area contributed by atoms with Gasteiger partial charge in [-0.15, -0.1) is 10.2 Å². The molecule has 4 rings (SSSR count). The molecule has 134 valence electrons. The fourth-order valence-electron chi connectivity index (χ4n) is 3.56. The van der Waals surface area contributed by atoms with E-state index in [0.717, 1.165) is 37.0 Å². The maximum atomic E-state index is 12.3. The van der Waals surface area contributed by atoms with Crippen molar-refractivity contribution >= 4 is 11.6 Å². The van der Waals surface area contributed by atoms with Gasteiger partial charge < -0.3 is 4.90 Å². The van der Waals surface area contributed by atoms with Crippen molar-refractivity contribution in [2.45, 2.75) is 18.9 Å². The number of amides is 1. The summed E-state index contributed by atoms with van der Waals surface area (Å²) in [7, 11) is 5.68. The second kappa shape index (κ2) is 6.38. The van der Waals surface area contributed by atoms with Gasteiger partial charge in [-0.3, -0.25) is 19.0 Å². The zero-order valence-electron chi connectivity index (χ0n) is 15.2. The molecule has 1 aliphatic carbocycles. The van der Waals surface area contributed by atoms with Gasteiger partial charge in [0.25, 0.3) is 5.91 Å². The van der Waals surface area contributed by atoms with Crippen LogP contribution < -0.4 is 0 Å². The van der Waals surface area contributed by atoms with Crippen molar-refractivity contribution in [3.05, 3.63) is 29.7 Å². The molecule has 3 heterocycles. The predicted molar refractivity (Wildman–Crippen MR) is 95.5 cm³/mol. The Balaban J connectivity index is 1.64. The van der Waals surface area contributed by atoms with Gasteiger partial charge in [-0.1, -0.05) is 0 Å². The summed E-state index contributed by atoms with van der Waals surface area (Å²) in [6.45, 7) is 4.32. The van der Waals surface area contributed by atoms with Crippen LogP contribution in [0.2, 0.25) is 0 Å². The molecule has 0 radical (unpaired) electrons. The lowest BCUT2D eigenvalue weighted by Gasteiger charge is -2.38. The first-order chi connectivity index (χ1) is 12.0. The van der Waals surface area contributed by atoms with E-state index in [4.69, 9.17) is 0 Å². The van der Waals surface area contributed by atoms with Crippen molar-refractivity contribution in [3.63, 3.8) is 0 Å². The van der Waals surface area contributed by atoms with E-state index in [0.29, 0.717) is 5.56 Å². The molecule has 2 aromatic rings. The van der Waals surface area contributed by atoms with E-state index in [9.17, 15) is 4.79 Å². The van der Waals surface area contributed by atoms with E-state index in [1.807, 2.05) is 22.7 Å². The Bertz CT molecular complexity index is 781. The summed E-state index contributed by atoms with van der Waals surface area (Å²) in [4.78, 5) is 18.8. The number of hydrogen-bond acceptors (Lipinski definition) is 5. The Morgan fingerprint density at radius 3 is 2.76 bits per heavy atom. The Morgan fingerprint density at radius 2 is 2.04 bits per heavy atom. The van der Waals surface area contributed by atoms with Gasteiger partial charge in [0.2, 0.25) is 0 Å². The van der Waals surface area contributed by atoms with Gasteiger partial charge in [0.15, 0.2) is 11.5 Å². The molecule has 1 amide bonds. The number of piperazine rings is 1. The van der Waals surface area contributed by atoms with Gasteiger partial charge in [0.1, 0.15) is 0 Å². The molecular formula is C18H26N6O. The maximum Gasteiger partial charge on any atom is 0.254 e. The highest BCUT2D eigenvalue weighted by atomic mass is 16.2. The first-order valence-electron chi connectivity index (χ1n) is 9.02. The van der Waals surface area contributed by atoms with Crippen LogP contribution in [0.3, 0.4) is 0 Å². The standard InChI is InChI=1S/C18H26N6O/c1-21(2)18(25)14-6-7-16-19-20-17(24(16)11-14)15-12-23(9-8-22(15)3)10-13-4-5-13/h6-7,11,13,15H,4-5,8-10,12H2,1-3H3. The van der Waals surface area contributed by atoms with E-state index >= 15 is 0 Å². The Labute approximate surface area is 148 Å². The van der Waals surface area contributed by atoms with Crippen LogP contribution >= 0.6 is 0 Å². The molecule has 0 spiro atoms. The molecule has 25 heavy (non-hydrogen) atoms. The minimum absolute atomic E-state index is 0.00564. The molecule has 0 aromatic carbocycles. The number of fused-ring (bicyclic) bond motifs is 1. The third kappa shape index (κ3) is 3.26. The quantitative estimate of drug-likeness (QED) is 0.834. The summed E-state index contributed by atoms with van der Waals surface area (Å²) < 4.78 is 1.98. The summed E-state index contributed by atoms with van der Waals surface area (Å²) in [6.07, 6.45) is 4.63. The van der Waals surface area contributed by atoms with Crippen LogP contribution in [0.25, 0.3) is 5.65 Å². The van der Waals surface area contributed by atoms with Crippen molar-refractivity contribution < 1.29 is 4.79 Å². The number of hydrogen-bond donors (Lipinski definition) is 0. The lowest BCUT2D eigenvalue weighted by molar-refractivity contribution is 0.0825. The first kappa shape index (κ1) is 16.5. The van der Waals surface area contributed by atoms with E-state index in [2.05, 4.69) is 27.0 Å². The summed E-state index contributed by atoms with van der Waals surface area (Å²) in [5, 5.41) is 8.78. The van der Waals surface area contributed by atoms with Crippen LogP contribution in [0.15, 0.2) is 18.3 Å². The number of pyridine rings is 1. The zero-order valence-corrected chi connectivity index (χ0v) is 15.2. The van der Waals surface area contributed by atoms with Crippen LogP contribution in [-0.2, 0) is 0 Å². The molecule has 2 aliphatic rings. The van der Waals surface area contributed by atoms with E-state index in [1.54, 1.807) is 19.0 Å². The molecule has 1 unspecified atom stereocenters. The van der Waals surface area contributed by atoms with Gasteiger partial charge in [-0.2, -0.15) is 0 Å². The maximum absolute atomic E-state index is 12.3. The predicted octanol–water partition coefficient (Wildman–Crippen LogP) is 1.13. The molecule has 7 nitrogen and oxygen atoms in total. The molecule has 1 saturated heterocycles. The van der Waals surface area contributed by atoms with Crippen LogP contribution in [0.5, 0.6) is 0 Å². The highest BCUT2D eigenvalue weighted by Crippen LogP contribution is 2.32. The molecule has 1 aliphatic heterocycles. The number of rotatable bonds is 4. The van der Waals surface area contributed by atoms with Crippen LogP contribution in [-0.4, -0.2) is 82.5 Å². The van der Waals surface area contributed by atoms with Gasteiger partial charge in [0.05, 0.1) is 11.6 Å². The largest absolute Gasteiger partial charge is 0.345 e. The summed E-state index contributed by atoms with van der Waals surface area (Å²) in [5.41, 5.74) is 1.45. The number of aromatic nitrogens is 3. The molecule has 2 aromatic heterocycles. The Kier molecular flexibility index (Phi) is 4.21. The smallest absolute Gasteiger partial charge is 0.254 e. The molecule has 0 N–H and O–H groups in total. The number of nitrogens with zero attached hydrogens (tertiary/aromatic N) is 6. The van der Waals surface area contributed by atoms with Gasteiger partial charge in [-0.25, -0.2) is 0 Å². The highest BCUT2D eigenvalue weighted by molar-refractivity contribution is 5.93. The minimum Gasteiger partial charge on any atom is -0.345 e. The van der Waals surface area contributed by atoms with Crippen molar-refractivity contribution in [2.24, 2.45) is 5.92 Å². The van der Waals surface area contributed by atoms with Crippen molar-refractivity contribution in [1.29, 1.82) is 0 Å². The van der Waals surface area contributed by atoms with Crippen LogP contribution in [0.1, 0.15) is 35.1 Å². The average Bonchev–Trinajstić information content (AvgIpc) is 3.32. The van der Waals surface area contributed by atoms with E-state index < -0.39 is 0 Å². The topological polar surface area (TPSA) is 57.0 Å². The van der Waals surface area contributed by atoms with Crippen molar-refractivity contribution in [1.82, 2.24) is 29.3 Å². The highest BCUT2D eigenvalue weighted by Gasteiger charge is 2.32. The molecule has 0 bridgehead atoms. The lowest BCUT2D eigenvalue weighted by atomic mass is 10.1. The van der Waals surface area contributed by atoms with Crippen LogP contribution in [0.4, 0.5) is 0 Å². The zero-order chi connectivity index (χ0) is 17.6.